The third-order valence-corrected chi connectivity index (χ3v) is 4.69. The number of benzene rings is 1. The molecule has 0 unspecified atom stereocenters. The zero-order valence-electron chi connectivity index (χ0n) is 13.7. The van der Waals surface area contributed by atoms with Gasteiger partial charge in [-0.05, 0) is 48.9 Å². The maximum atomic E-state index is 13.0. The molecule has 1 aliphatic rings. The van der Waals surface area contributed by atoms with Crippen LogP contribution in [0.5, 0.6) is 0 Å². The van der Waals surface area contributed by atoms with Crippen molar-refractivity contribution in [3.8, 4) is 6.07 Å². The van der Waals surface area contributed by atoms with Gasteiger partial charge in [-0.1, -0.05) is 12.1 Å². The summed E-state index contributed by atoms with van der Waals surface area (Å²) in [4.78, 5) is 14.5. The first-order valence-corrected chi connectivity index (χ1v) is 8.17. The first-order valence-electron chi connectivity index (χ1n) is 8.17. The Bertz CT molecular complexity index is 765. The molecule has 0 radical (unpaired) electrons. The molecule has 5 heteroatoms. The van der Waals surface area contributed by atoms with Crippen molar-refractivity contribution >= 4 is 5.91 Å². The monoisotopic (exact) mass is 325 g/mol. The molecule has 1 fully saturated rings. The normalized spacial score (nSPS) is 15.3. The molecule has 0 bridgehead atoms. The largest absolute Gasteiger partial charge is 0.345 e. The van der Waals surface area contributed by atoms with E-state index in [0.717, 1.165) is 37.9 Å². The van der Waals surface area contributed by atoms with Gasteiger partial charge in [0, 0.05) is 26.3 Å². The number of amides is 1. The SMILES string of the molecule is Cn1cc(C#N)cc1C(=O)N1CCC(Cc2ccc(F)cc2)CC1. The number of carbonyl (C=O) groups is 1. The van der Waals surface area contributed by atoms with Crippen LogP contribution in [0.4, 0.5) is 4.39 Å². The molecule has 0 atom stereocenters. The van der Waals surface area contributed by atoms with Crippen molar-refractivity contribution in [3.63, 3.8) is 0 Å². The second kappa shape index (κ2) is 6.88. The number of rotatable bonds is 3. The summed E-state index contributed by atoms with van der Waals surface area (Å²) in [6, 6.07) is 10.4. The summed E-state index contributed by atoms with van der Waals surface area (Å²) < 4.78 is 14.7. The standard InChI is InChI=1S/C19H20FN3O/c1-22-13-16(12-21)11-18(22)19(24)23-8-6-15(7-9-23)10-14-2-4-17(20)5-3-14/h2-5,11,13,15H,6-10H2,1H3. The van der Waals surface area contributed by atoms with Gasteiger partial charge in [0.05, 0.1) is 5.56 Å². The van der Waals surface area contributed by atoms with Crippen molar-refractivity contribution in [1.82, 2.24) is 9.47 Å². The van der Waals surface area contributed by atoms with Crippen molar-refractivity contribution in [1.29, 1.82) is 5.26 Å². The lowest BCUT2D eigenvalue weighted by molar-refractivity contribution is 0.0681. The Balaban J connectivity index is 1.58. The molecule has 0 aliphatic carbocycles. The fourth-order valence-electron chi connectivity index (χ4n) is 3.29. The summed E-state index contributed by atoms with van der Waals surface area (Å²) in [5.41, 5.74) is 2.21. The molecular weight excluding hydrogens is 305 g/mol. The number of likely N-dealkylation sites (tertiary alicyclic amines) is 1. The zero-order valence-corrected chi connectivity index (χ0v) is 13.7. The van der Waals surface area contributed by atoms with Crippen LogP contribution in [0, 0.1) is 23.1 Å². The fraction of sp³-hybridized carbons (Fsp3) is 0.368. The van der Waals surface area contributed by atoms with Crippen molar-refractivity contribution < 1.29 is 9.18 Å². The highest BCUT2D eigenvalue weighted by Crippen LogP contribution is 2.23. The van der Waals surface area contributed by atoms with E-state index in [0.29, 0.717) is 17.2 Å². The van der Waals surface area contributed by atoms with E-state index in [9.17, 15) is 9.18 Å². The van der Waals surface area contributed by atoms with Crippen molar-refractivity contribution in [2.24, 2.45) is 13.0 Å². The van der Waals surface area contributed by atoms with Gasteiger partial charge in [0.2, 0.25) is 0 Å². The Hall–Kier alpha value is -2.61. The van der Waals surface area contributed by atoms with Crippen LogP contribution in [-0.2, 0) is 13.5 Å². The molecule has 0 spiro atoms. The minimum Gasteiger partial charge on any atom is -0.345 e. The van der Waals surface area contributed by atoms with Crippen LogP contribution >= 0.6 is 0 Å². The highest BCUT2D eigenvalue weighted by Gasteiger charge is 2.25. The van der Waals surface area contributed by atoms with Crippen LogP contribution < -0.4 is 0 Å². The summed E-state index contributed by atoms with van der Waals surface area (Å²) in [7, 11) is 1.79. The molecular formula is C19H20FN3O. The molecule has 0 saturated carbocycles. The molecule has 124 valence electrons. The molecule has 1 saturated heterocycles. The van der Waals surface area contributed by atoms with Gasteiger partial charge in [0.1, 0.15) is 17.6 Å². The first kappa shape index (κ1) is 16.3. The predicted octanol–water partition coefficient (Wildman–Crippen LogP) is 3.13. The number of halogens is 1. The molecule has 24 heavy (non-hydrogen) atoms. The summed E-state index contributed by atoms with van der Waals surface area (Å²) in [6.45, 7) is 1.44. The average Bonchev–Trinajstić information content (AvgIpc) is 2.98. The van der Waals surface area contributed by atoms with E-state index < -0.39 is 0 Å². The summed E-state index contributed by atoms with van der Waals surface area (Å²) in [5, 5.41) is 8.95. The number of nitriles is 1. The molecule has 2 aromatic rings. The number of hydrogen-bond acceptors (Lipinski definition) is 2. The van der Waals surface area contributed by atoms with E-state index in [2.05, 4.69) is 6.07 Å². The molecule has 1 aromatic carbocycles. The Morgan fingerprint density at radius 1 is 1.29 bits per heavy atom. The van der Waals surface area contributed by atoms with Crippen LogP contribution in [0.25, 0.3) is 0 Å². The molecule has 1 aromatic heterocycles. The molecule has 3 rings (SSSR count). The lowest BCUT2D eigenvalue weighted by atomic mass is 9.90. The second-order valence-corrected chi connectivity index (χ2v) is 6.40. The number of aryl methyl sites for hydroxylation is 1. The number of piperidine rings is 1. The number of nitrogens with zero attached hydrogens (tertiary/aromatic N) is 3. The van der Waals surface area contributed by atoms with Gasteiger partial charge in [-0.3, -0.25) is 4.79 Å². The fourth-order valence-corrected chi connectivity index (χ4v) is 3.29. The quantitative estimate of drug-likeness (QED) is 0.870. The zero-order chi connectivity index (χ0) is 17.1. The van der Waals surface area contributed by atoms with Crippen LogP contribution in [0.2, 0.25) is 0 Å². The Morgan fingerprint density at radius 2 is 1.96 bits per heavy atom. The van der Waals surface area contributed by atoms with E-state index in [1.807, 2.05) is 17.0 Å². The van der Waals surface area contributed by atoms with Crippen molar-refractivity contribution in [2.45, 2.75) is 19.3 Å². The molecule has 4 nitrogen and oxygen atoms in total. The predicted molar refractivity (Wildman–Crippen MR) is 88.9 cm³/mol. The molecule has 0 N–H and O–H groups in total. The van der Waals surface area contributed by atoms with Gasteiger partial charge >= 0.3 is 0 Å². The van der Waals surface area contributed by atoms with Crippen LogP contribution in [0.3, 0.4) is 0 Å². The smallest absolute Gasteiger partial charge is 0.270 e. The number of hydrogen-bond donors (Lipinski definition) is 0. The molecule has 1 aliphatic heterocycles. The highest BCUT2D eigenvalue weighted by atomic mass is 19.1. The summed E-state index contributed by atoms with van der Waals surface area (Å²) in [5.74, 6) is 0.292. The van der Waals surface area contributed by atoms with Gasteiger partial charge in [-0.15, -0.1) is 0 Å². The van der Waals surface area contributed by atoms with Gasteiger partial charge in [0.15, 0.2) is 0 Å². The van der Waals surface area contributed by atoms with Crippen LogP contribution in [-0.4, -0.2) is 28.5 Å². The lowest BCUT2D eigenvalue weighted by Gasteiger charge is -2.32. The second-order valence-electron chi connectivity index (χ2n) is 6.40. The highest BCUT2D eigenvalue weighted by molar-refractivity contribution is 5.93. The minimum absolute atomic E-state index is 0.0146. The van der Waals surface area contributed by atoms with Gasteiger partial charge in [0.25, 0.3) is 5.91 Å². The molecule has 1 amide bonds. The van der Waals surface area contributed by atoms with Crippen LogP contribution in [0.1, 0.15) is 34.5 Å². The maximum absolute atomic E-state index is 13.0. The Morgan fingerprint density at radius 3 is 2.54 bits per heavy atom. The maximum Gasteiger partial charge on any atom is 0.270 e. The third kappa shape index (κ3) is 3.48. The third-order valence-electron chi connectivity index (χ3n) is 4.69. The minimum atomic E-state index is -0.210. The average molecular weight is 325 g/mol. The van der Waals surface area contributed by atoms with E-state index in [1.54, 1.807) is 23.9 Å². The van der Waals surface area contributed by atoms with Gasteiger partial charge in [-0.2, -0.15) is 5.26 Å². The Kier molecular flexibility index (Phi) is 4.66. The van der Waals surface area contributed by atoms with E-state index in [1.165, 1.54) is 12.1 Å². The van der Waals surface area contributed by atoms with E-state index in [4.69, 9.17) is 5.26 Å². The van der Waals surface area contributed by atoms with E-state index in [-0.39, 0.29) is 11.7 Å². The molecule has 2 heterocycles. The van der Waals surface area contributed by atoms with E-state index >= 15 is 0 Å². The first-order chi connectivity index (χ1) is 11.6. The summed E-state index contributed by atoms with van der Waals surface area (Å²) in [6.07, 6.45) is 4.48. The van der Waals surface area contributed by atoms with Crippen molar-refractivity contribution in [2.75, 3.05) is 13.1 Å². The topological polar surface area (TPSA) is 49.0 Å². The van der Waals surface area contributed by atoms with Crippen LogP contribution in [0.15, 0.2) is 36.5 Å². The van der Waals surface area contributed by atoms with Crippen molar-refractivity contribution in [3.05, 3.63) is 59.2 Å². The van der Waals surface area contributed by atoms with Gasteiger partial charge < -0.3 is 9.47 Å². The number of carbonyl (C=O) groups excluding carboxylic acids is 1. The van der Waals surface area contributed by atoms with Gasteiger partial charge in [-0.25, -0.2) is 4.39 Å². The summed E-state index contributed by atoms with van der Waals surface area (Å²) >= 11 is 0. The Labute approximate surface area is 141 Å². The lowest BCUT2D eigenvalue weighted by Crippen LogP contribution is -2.39. The number of aromatic nitrogens is 1.